The first-order valence-corrected chi connectivity index (χ1v) is 10.7. The summed E-state index contributed by atoms with van der Waals surface area (Å²) in [6.07, 6.45) is 1.69. The Morgan fingerprint density at radius 3 is 2.74 bits per heavy atom. The number of carbonyl (C=O) groups excluding carboxylic acids is 1. The third kappa shape index (κ3) is 3.62. The first-order chi connectivity index (χ1) is 15.1. The molecule has 4 heterocycles. The van der Waals surface area contributed by atoms with Crippen LogP contribution in [-0.2, 0) is 13.6 Å². The first kappa shape index (κ1) is 19.2. The second-order valence-corrected chi connectivity index (χ2v) is 8.20. The number of amides is 1. The Labute approximate surface area is 183 Å². The second-order valence-electron chi connectivity index (χ2n) is 7.25. The number of pyridine rings is 1. The summed E-state index contributed by atoms with van der Waals surface area (Å²) in [5.74, 6) is 0.425. The second kappa shape index (κ2) is 7.81. The minimum absolute atomic E-state index is 0.212. The molecule has 1 aromatic carbocycles. The highest BCUT2D eigenvalue weighted by Crippen LogP contribution is 2.29. The fraction of sp³-hybridized carbons (Fsp3) is 0.130. The zero-order valence-corrected chi connectivity index (χ0v) is 17.9. The Balaban J connectivity index is 1.53. The summed E-state index contributed by atoms with van der Waals surface area (Å²) in [4.78, 5) is 19.2. The molecule has 1 amide bonds. The number of anilines is 1. The van der Waals surface area contributed by atoms with Gasteiger partial charge in [-0.2, -0.15) is 10.2 Å². The molecular weight excluding hydrogens is 408 g/mol. The van der Waals surface area contributed by atoms with Gasteiger partial charge in [-0.3, -0.25) is 9.48 Å². The summed E-state index contributed by atoms with van der Waals surface area (Å²) in [6.45, 7) is 2.47. The highest BCUT2D eigenvalue weighted by atomic mass is 32.1. The van der Waals surface area contributed by atoms with Crippen LogP contribution in [0.15, 0.2) is 66.2 Å². The highest BCUT2D eigenvalue weighted by molar-refractivity contribution is 7.13. The lowest BCUT2D eigenvalue weighted by atomic mass is 10.1. The smallest absolute Gasteiger partial charge is 0.257 e. The maximum atomic E-state index is 13.4. The minimum atomic E-state index is -0.212. The molecule has 1 N–H and O–H groups in total. The molecule has 0 bridgehead atoms. The molecule has 5 rings (SSSR count). The number of nitrogens with zero attached hydrogens (tertiary/aromatic N) is 5. The van der Waals surface area contributed by atoms with Crippen LogP contribution in [0.4, 0.5) is 5.82 Å². The molecule has 154 valence electrons. The first-order valence-electron chi connectivity index (χ1n) is 9.85. The number of aryl methyl sites for hydroxylation is 2. The Morgan fingerprint density at radius 1 is 1.13 bits per heavy atom. The molecule has 0 aliphatic rings. The van der Waals surface area contributed by atoms with Crippen molar-refractivity contribution in [2.24, 2.45) is 7.05 Å². The molecule has 0 radical (unpaired) electrons. The number of fused-ring (bicyclic) bond motifs is 1. The van der Waals surface area contributed by atoms with Crippen LogP contribution in [0.2, 0.25) is 0 Å². The Morgan fingerprint density at radius 2 is 1.97 bits per heavy atom. The van der Waals surface area contributed by atoms with Gasteiger partial charge in [0.2, 0.25) is 0 Å². The molecule has 4 aromatic heterocycles. The molecule has 0 spiro atoms. The summed E-state index contributed by atoms with van der Waals surface area (Å²) in [5, 5.41) is 14.6. The maximum Gasteiger partial charge on any atom is 0.257 e. The number of benzene rings is 1. The summed E-state index contributed by atoms with van der Waals surface area (Å²) >= 11 is 1.59. The quantitative estimate of drug-likeness (QED) is 0.447. The van der Waals surface area contributed by atoms with Crippen molar-refractivity contribution in [3.05, 3.63) is 83.0 Å². The fourth-order valence-corrected chi connectivity index (χ4v) is 4.37. The zero-order chi connectivity index (χ0) is 21.4. The van der Waals surface area contributed by atoms with Crippen molar-refractivity contribution in [1.29, 1.82) is 0 Å². The van der Waals surface area contributed by atoms with Gasteiger partial charge in [0.1, 0.15) is 5.82 Å². The third-order valence-corrected chi connectivity index (χ3v) is 6.01. The van der Waals surface area contributed by atoms with Crippen LogP contribution in [0.25, 0.3) is 21.6 Å². The zero-order valence-electron chi connectivity index (χ0n) is 17.1. The predicted molar refractivity (Wildman–Crippen MR) is 122 cm³/mol. The van der Waals surface area contributed by atoms with E-state index in [1.807, 2.05) is 67.9 Å². The van der Waals surface area contributed by atoms with Gasteiger partial charge in [0.15, 0.2) is 5.65 Å². The van der Waals surface area contributed by atoms with Crippen LogP contribution in [0, 0.1) is 6.92 Å². The lowest BCUT2D eigenvalue weighted by Crippen LogP contribution is -2.17. The highest BCUT2D eigenvalue weighted by Gasteiger charge is 2.20. The number of rotatable bonds is 5. The van der Waals surface area contributed by atoms with E-state index in [-0.39, 0.29) is 5.91 Å². The SMILES string of the molecule is Cc1nn(C)c2nc(-c3cccs3)cc(C(=O)Nc3ccnn3Cc3ccccc3)c12. The van der Waals surface area contributed by atoms with Crippen LogP contribution in [-0.4, -0.2) is 30.5 Å². The number of aromatic nitrogens is 5. The fourth-order valence-electron chi connectivity index (χ4n) is 3.68. The van der Waals surface area contributed by atoms with Crippen molar-refractivity contribution < 1.29 is 4.79 Å². The Bertz CT molecular complexity index is 1370. The van der Waals surface area contributed by atoms with Crippen LogP contribution in [0.3, 0.4) is 0 Å². The number of hydrogen-bond donors (Lipinski definition) is 1. The van der Waals surface area contributed by atoms with E-state index in [9.17, 15) is 4.79 Å². The van der Waals surface area contributed by atoms with E-state index in [0.29, 0.717) is 23.6 Å². The monoisotopic (exact) mass is 428 g/mol. The number of nitrogens with one attached hydrogen (secondary N) is 1. The molecule has 7 nitrogen and oxygen atoms in total. The average molecular weight is 429 g/mol. The van der Waals surface area contributed by atoms with E-state index in [2.05, 4.69) is 15.5 Å². The van der Waals surface area contributed by atoms with Gasteiger partial charge in [0.25, 0.3) is 5.91 Å². The van der Waals surface area contributed by atoms with E-state index in [4.69, 9.17) is 4.98 Å². The topological polar surface area (TPSA) is 77.6 Å². The predicted octanol–water partition coefficient (Wildman–Crippen LogP) is 4.50. The maximum absolute atomic E-state index is 13.4. The molecule has 0 unspecified atom stereocenters. The molecular formula is C23H20N6OS. The Kier molecular flexibility index (Phi) is 4.83. The van der Waals surface area contributed by atoms with Crippen LogP contribution in [0.1, 0.15) is 21.6 Å². The van der Waals surface area contributed by atoms with Crippen LogP contribution < -0.4 is 5.32 Å². The molecule has 0 aliphatic heterocycles. The summed E-state index contributed by atoms with van der Waals surface area (Å²) in [5.41, 5.74) is 3.87. The van der Waals surface area contributed by atoms with Gasteiger partial charge < -0.3 is 5.32 Å². The average Bonchev–Trinajstić information content (AvgIpc) is 3.51. The standard InChI is InChI=1S/C23H20N6OS/c1-15-21-17(13-18(19-9-6-12-31-19)25-22(21)28(2)27-15)23(30)26-20-10-11-24-29(20)14-16-7-4-3-5-8-16/h3-13H,14H2,1-2H3,(H,26,30). The van der Waals surface area contributed by atoms with Crippen molar-refractivity contribution in [3.8, 4) is 10.6 Å². The molecule has 0 fully saturated rings. The van der Waals surface area contributed by atoms with E-state index >= 15 is 0 Å². The summed E-state index contributed by atoms with van der Waals surface area (Å²) < 4.78 is 3.50. The van der Waals surface area contributed by atoms with E-state index in [0.717, 1.165) is 27.2 Å². The van der Waals surface area contributed by atoms with Crippen molar-refractivity contribution in [1.82, 2.24) is 24.5 Å². The van der Waals surface area contributed by atoms with E-state index < -0.39 is 0 Å². The molecule has 0 saturated carbocycles. The summed E-state index contributed by atoms with van der Waals surface area (Å²) in [6, 6.07) is 17.6. The van der Waals surface area contributed by atoms with Crippen molar-refractivity contribution in [2.45, 2.75) is 13.5 Å². The van der Waals surface area contributed by atoms with E-state index in [1.165, 1.54) is 0 Å². The van der Waals surface area contributed by atoms with Gasteiger partial charge in [-0.25, -0.2) is 9.67 Å². The van der Waals surface area contributed by atoms with Gasteiger partial charge in [-0.15, -0.1) is 11.3 Å². The lowest BCUT2D eigenvalue weighted by Gasteiger charge is -2.11. The summed E-state index contributed by atoms with van der Waals surface area (Å²) in [7, 11) is 1.84. The van der Waals surface area contributed by atoms with Crippen molar-refractivity contribution >= 4 is 34.1 Å². The van der Waals surface area contributed by atoms with Gasteiger partial charge in [-0.05, 0) is 30.0 Å². The number of hydrogen-bond acceptors (Lipinski definition) is 5. The molecule has 8 heteroatoms. The molecule has 31 heavy (non-hydrogen) atoms. The van der Waals surface area contributed by atoms with Gasteiger partial charge in [0.05, 0.1) is 40.0 Å². The molecule has 0 atom stereocenters. The van der Waals surface area contributed by atoms with Crippen LogP contribution >= 0.6 is 11.3 Å². The van der Waals surface area contributed by atoms with E-state index in [1.54, 1.807) is 33.0 Å². The van der Waals surface area contributed by atoms with Gasteiger partial charge in [0, 0.05) is 13.1 Å². The number of carbonyl (C=O) groups is 1. The number of thiophene rings is 1. The van der Waals surface area contributed by atoms with Gasteiger partial charge in [-0.1, -0.05) is 36.4 Å². The normalized spacial score (nSPS) is 11.2. The van der Waals surface area contributed by atoms with Gasteiger partial charge >= 0.3 is 0 Å². The molecule has 0 aliphatic carbocycles. The lowest BCUT2D eigenvalue weighted by molar-refractivity contribution is 0.102. The molecule has 0 saturated heterocycles. The molecule has 5 aromatic rings. The Hall–Kier alpha value is -3.78. The van der Waals surface area contributed by atoms with Crippen molar-refractivity contribution in [2.75, 3.05) is 5.32 Å². The minimum Gasteiger partial charge on any atom is -0.307 e. The van der Waals surface area contributed by atoms with Crippen LogP contribution in [0.5, 0.6) is 0 Å². The van der Waals surface area contributed by atoms with Crippen molar-refractivity contribution in [3.63, 3.8) is 0 Å². The largest absolute Gasteiger partial charge is 0.307 e. The third-order valence-electron chi connectivity index (χ3n) is 5.12.